The number of nitrogens with zero attached hydrogens (tertiary/aromatic N) is 1. The molecule has 0 amide bonds. The van der Waals surface area contributed by atoms with Crippen LogP contribution in [0.25, 0.3) is 0 Å². The number of rotatable bonds is 2. The van der Waals surface area contributed by atoms with E-state index in [-0.39, 0.29) is 5.82 Å². The molecule has 1 heterocycles. The second kappa shape index (κ2) is 5.38. The first-order chi connectivity index (χ1) is 8.13. The highest BCUT2D eigenvalue weighted by molar-refractivity contribution is 9.08. The molecule has 2 atom stereocenters. The van der Waals surface area contributed by atoms with Crippen molar-refractivity contribution in [3.8, 4) is 0 Å². The lowest BCUT2D eigenvalue weighted by Crippen LogP contribution is -2.40. The normalized spacial score (nSPS) is 25.1. The molecule has 0 N–H and O–H groups in total. The van der Waals surface area contributed by atoms with E-state index >= 15 is 0 Å². The number of anilines is 1. The van der Waals surface area contributed by atoms with E-state index in [0.717, 1.165) is 23.7 Å². The van der Waals surface area contributed by atoms with Crippen LogP contribution in [0.15, 0.2) is 18.2 Å². The van der Waals surface area contributed by atoms with Crippen LogP contribution in [0.3, 0.4) is 0 Å². The first kappa shape index (κ1) is 12.9. The highest BCUT2D eigenvalue weighted by Gasteiger charge is 2.25. The highest BCUT2D eigenvalue weighted by Crippen LogP contribution is 2.32. The Morgan fingerprint density at radius 3 is 2.82 bits per heavy atom. The standard InChI is InChI=1S/C14H19BrFN/c1-10-6-7-17(11(2)8-10)14-5-3-4-13(16)12(14)9-15/h3-5,10-11H,6-9H2,1-2H3. The third-order valence-corrected chi connectivity index (χ3v) is 4.24. The maximum Gasteiger partial charge on any atom is 0.129 e. The van der Waals surface area contributed by atoms with Crippen molar-refractivity contribution in [2.45, 2.75) is 38.1 Å². The van der Waals surface area contributed by atoms with E-state index in [0.29, 0.717) is 11.4 Å². The predicted octanol–water partition coefficient (Wildman–Crippen LogP) is 4.35. The third-order valence-electron chi connectivity index (χ3n) is 3.68. The van der Waals surface area contributed by atoms with Crippen LogP contribution in [-0.4, -0.2) is 12.6 Å². The summed E-state index contributed by atoms with van der Waals surface area (Å²) in [5, 5.41) is 0.577. The maximum atomic E-state index is 13.8. The van der Waals surface area contributed by atoms with E-state index in [2.05, 4.69) is 34.7 Å². The smallest absolute Gasteiger partial charge is 0.129 e. The van der Waals surface area contributed by atoms with E-state index in [1.54, 1.807) is 0 Å². The van der Waals surface area contributed by atoms with Crippen molar-refractivity contribution in [2.24, 2.45) is 5.92 Å². The zero-order chi connectivity index (χ0) is 12.4. The molecule has 1 aliphatic heterocycles. The molecular weight excluding hydrogens is 281 g/mol. The minimum absolute atomic E-state index is 0.106. The van der Waals surface area contributed by atoms with E-state index in [1.807, 2.05) is 12.1 Å². The highest BCUT2D eigenvalue weighted by atomic mass is 79.9. The van der Waals surface area contributed by atoms with Gasteiger partial charge in [0.1, 0.15) is 5.82 Å². The molecule has 0 aromatic heterocycles. The van der Waals surface area contributed by atoms with E-state index in [1.165, 1.54) is 18.9 Å². The van der Waals surface area contributed by atoms with Gasteiger partial charge < -0.3 is 4.90 Å². The largest absolute Gasteiger partial charge is 0.368 e. The van der Waals surface area contributed by atoms with Gasteiger partial charge in [0.25, 0.3) is 0 Å². The van der Waals surface area contributed by atoms with Gasteiger partial charge in [0.2, 0.25) is 0 Å². The first-order valence-corrected chi connectivity index (χ1v) is 7.35. The molecule has 17 heavy (non-hydrogen) atoms. The summed E-state index contributed by atoms with van der Waals surface area (Å²) in [5.41, 5.74) is 1.84. The molecule has 2 unspecified atom stereocenters. The van der Waals surface area contributed by atoms with E-state index in [4.69, 9.17) is 0 Å². The van der Waals surface area contributed by atoms with Gasteiger partial charge in [0.15, 0.2) is 0 Å². The van der Waals surface area contributed by atoms with Gasteiger partial charge in [0, 0.05) is 29.2 Å². The molecule has 1 aliphatic rings. The van der Waals surface area contributed by atoms with Gasteiger partial charge in [-0.15, -0.1) is 0 Å². The van der Waals surface area contributed by atoms with Gasteiger partial charge in [-0.2, -0.15) is 0 Å². The summed E-state index contributed by atoms with van der Waals surface area (Å²) in [5.74, 6) is 0.674. The Hall–Kier alpha value is -0.570. The molecule has 1 aromatic rings. The number of halogens is 2. The predicted molar refractivity (Wildman–Crippen MR) is 74.2 cm³/mol. The zero-order valence-electron chi connectivity index (χ0n) is 10.4. The minimum atomic E-state index is -0.106. The van der Waals surface area contributed by atoms with Crippen LogP contribution in [-0.2, 0) is 5.33 Å². The van der Waals surface area contributed by atoms with Gasteiger partial charge >= 0.3 is 0 Å². The second-order valence-electron chi connectivity index (χ2n) is 5.04. The van der Waals surface area contributed by atoms with Crippen LogP contribution in [0.1, 0.15) is 32.3 Å². The molecule has 0 radical (unpaired) electrons. The molecular formula is C14H19BrFN. The molecule has 1 fully saturated rings. The molecule has 1 saturated heterocycles. The Morgan fingerprint density at radius 2 is 2.18 bits per heavy atom. The number of hydrogen-bond acceptors (Lipinski definition) is 1. The fourth-order valence-electron chi connectivity index (χ4n) is 2.71. The summed E-state index contributed by atoms with van der Waals surface area (Å²) in [6.07, 6.45) is 2.39. The summed E-state index contributed by atoms with van der Waals surface area (Å²) in [6, 6.07) is 5.88. The average Bonchev–Trinajstić information content (AvgIpc) is 2.29. The SMILES string of the molecule is CC1CCN(c2cccc(F)c2CBr)C(C)C1. The number of hydrogen-bond donors (Lipinski definition) is 0. The zero-order valence-corrected chi connectivity index (χ0v) is 12.0. The van der Waals surface area contributed by atoms with Crippen molar-refractivity contribution in [3.05, 3.63) is 29.6 Å². The fraction of sp³-hybridized carbons (Fsp3) is 0.571. The van der Waals surface area contributed by atoms with Gasteiger partial charge in [-0.05, 0) is 37.8 Å². The number of benzene rings is 1. The third kappa shape index (κ3) is 2.65. The van der Waals surface area contributed by atoms with Gasteiger partial charge in [-0.1, -0.05) is 28.9 Å². The van der Waals surface area contributed by atoms with Crippen molar-refractivity contribution in [3.63, 3.8) is 0 Å². The lowest BCUT2D eigenvalue weighted by Gasteiger charge is -2.39. The summed E-state index contributed by atoms with van der Waals surface area (Å²) in [7, 11) is 0. The van der Waals surface area contributed by atoms with Crippen molar-refractivity contribution in [1.82, 2.24) is 0 Å². The van der Waals surface area contributed by atoms with E-state index in [9.17, 15) is 4.39 Å². The van der Waals surface area contributed by atoms with Crippen LogP contribution in [0.5, 0.6) is 0 Å². The quantitative estimate of drug-likeness (QED) is 0.734. The molecule has 2 rings (SSSR count). The number of piperidine rings is 1. The van der Waals surface area contributed by atoms with Gasteiger partial charge in [-0.25, -0.2) is 4.39 Å². The van der Waals surface area contributed by atoms with Crippen LogP contribution in [0.4, 0.5) is 10.1 Å². The Bertz CT molecular complexity index is 394. The van der Waals surface area contributed by atoms with Gasteiger partial charge in [-0.3, -0.25) is 0 Å². The molecule has 0 bridgehead atoms. The summed E-state index contributed by atoms with van der Waals surface area (Å²) in [4.78, 5) is 2.35. The average molecular weight is 300 g/mol. The minimum Gasteiger partial charge on any atom is -0.368 e. The summed E-state index contributed by atoms with van der Waals surface area (Å²) < 4.78 is 13.8. The van der Waals surface area contributed by atoms with E-state index < -0.39 is 0 Å². The van der Waals surface area contributed by atoms with Crippen molar-refractivity contribution < 1.29 is 4.39 Å². The maximum absolute atomic E-state index is 13.8. The Labute approximate surface area is 111 Å². The van der Waals surface area contributed by atoms with Crippen molar-refractivity contribution in [1.29, 1.82) is 0 Å². The summed E-state index contributed by atoms with van der Waals surface area (Å²) in [6.45, 7) is 5.56. The second-order valence-corrected chi connectivity index (χ2v) is 5.60. The van der Waals surface area contributed by atoms with Crippen molar-refractivity contribution >= 4 is 21.6 Å². The Morgan fingerprint density at radius 1 is 1.41 bits per heavy atom. The molecule has 0 spiro atoms. The fourth-order valence-corrected chi connectivity index (χ4v) is 3.27. The molecule has 0 aliphatic carbocycles. The lowest BCUT2D eigenvalue weighted by molar-refractivity contribution is 0.377. The van der Waals surface area contributed by atoms with Crippen molar-refractivity contribution in [2.75, 3.05) is 11.4 Å². The molecule has 0 saturated carbocycles. The molecule has 1 aromatic carbocycles. The lowest BCUT2D eigenvalue weighted by atomic mass is 9.92. The molecule has 3 heteroatoms. The Balaban J connectivity index is 2.30. The molecule has 1 nitrogen and oxygen atoms in total. The van der Waals surface area contributed by atoms with Crippen LogP contribution >= 0.6 is 15.9 Å². The van der Waals surface area contributed by atoms with Gasteiger partial charge in [0.05, 0.1) is 0 Å². The molecule has 94 valence electrons. The van der Waals surface area contributed by atoms with Crippen LogP contribution in [0.2, 0.25) is 0 Å². The first-order valence-electron chi connectivity index (χ1n) is 6.23. The van der Waals surface area contributed by atoms with Crippen LogP contribution in [0, 0.1) is 11.7 Å². The number of alkyl halides is 1. The topological polar surface area (TPSA) is 3.24 Å². The summed E-state index contributed by atoms with van der Waals surface area (Å²) >= 11 is 3.39. The monoisotopic (exact) mass is 299 g/mol. The Kier molecular flexibility index (Phi) is 4.08. The van der Waals surface area contributed by atoms with Crippen LogP contribution < -0.4 is 4.90 Å².